The van der Waals surface area contributed by atoms with Gasteiger partial charge in [0.15, 0.2) is 0 Å². The van der Waals surface area contributed by atoms with E-state index in [0.29, 0.717) is 24.2 Å². The van der Waals surface area contributed by atoms with Gasteiger partial charge >= 0.3 is 0 Å². The molecule has 0 unspecified atom stereocenters. The maximum Gasteiger partial charge on any atom is 0.253 e. The van der Waals surface area contributed by atoms with Gasteiger partial charge < -0.3 is 20.7 Å². The molecule has 2 atom stereocenters. The first-order valence-electron chi connectivity index (χ1n) is 7.41. The molecule has 0 spiro atoms. The van der Waals surface area contributed by atoms with Crippen LogP contribution in [-0.4, -0.2) is 49.6 Å². The molecule has 0 aromatic heterocycles. The Balaban J connectivity index is 0.00000264. The van der Waals surface area contributed by atoms with Crippen molar-refractivity contribution < 1.29 is 14.3 Å². The van der Waals surface area contributed by atoms with Crippen LogP contribution in [-0.2, 0) is 9.53 Å². The second-order valence-electron chi connectivity index (χ2n) is 5.78. The summed E-state index contributed by atoms with van der Waals surface area (Å²) >= 11 is 0. The van der Waals surface area contributed by atoms with Gasteiger partial charge in [-0.05, 0) is 37.5 Å². The maximum atomic E-state index is 12.2. The average Bonchev–Trinajstić information content (AvgIpc) is 2.97. The van der Waals surface area contributed by atoms with E-state index in [9.17, 15) is 9.59 Å². The lowest BCUT2D eigenvalue weighted by Gasteiger charge is -2.16. The summed E-state index contributed by atoms with van der Waals surface area (Å²) in [6.45, 7) is 2.30. The number of nitrogens with zero attached hydrogens (tertiary/aromatic N) is 1. The summed E-state index contributed by atoms with van der Waals surface area (Å²) in [5, 5.41) is 2.81. The topological polar surface area (TPSA) is 84.7 Å². The van der Waals surface area contributed by atoms with Gasteiger partial charge in [-0.3, -0.25) is 9.59 Å². The van der Waals surface area contributed by atoms with E-state index in [4.69, 9.17) is 10.5 Å². The van der Waals surface area contributed by atoms with Crippen molar-refractivity contribution in [3.05, 3.63) is 29.3 Å². The minimum Gasteiger partial charge on any atom is -0.364 e. The summed E-state index contributed by atoms with van der Waals surface area (Å²) in [5.74, 6) is -0.281. The van der Waals surface area contributed by atoms with Crippen LogP contribution in [0.25, 0.3) is 0 Å². The Labute approximate surface area is 142 Å². The fourth-order valence-electron chi connectivity index (χ4n) is 2.47. The first kappa shape index (κ1) is 19.4. The molecule has 1 aromatic carbocycles. The number of hydrogen-bond donors (Lipinski definition) is 2. The van der Waals surface area contributed by atoms with Crippen molar-refractivity contribution in [2.24, 2.45) is 5.73 Å². The van der Waals surface area contributed by atoms with E-state index in [1.807, 2.05) is 13.0 Å². The number of rotatable bonds is 4. The molecule has 3 N–H and O–H groups in total. The summed E-state index contributed by atoms with van der Waals surface area (Å²) in [6, 6.07) is 5.31. The van der Waals surface area contributed by atoms with Gasteiger partial charge in [0.1, 0.15) is 6.10 Å². The van der Waals surface area contributed by atoms with Crippen molar-refractivity contribution in [3.63, 3.8) is 0 Å². The Morgan fingerprint density at radius 2 is 2.04 bits per heavy atom. The highest BCUT2D eigenvalue weighted by Crippen LogP contribution is 2.22. The van der Waals surface area contributed by atoms with Gasteiger partial charge in [0.25, 0.3) is 11.8 Å². The third-order valence-electron chi connectivity index (χ3n) is 3.80. The molecule has 23 heavy (non-hydrogen) atoms. The van der Waals surface area contributed by atoms with Gasteiger partial charge in [-0.2, -0.15) is 0 Å². The molecular formula is C16H24ClN3O3. The van der Waals surface area contributed by atoms with Crippen LogP contribution >= 0.6 is 12.4 Å². The number of nitrogens with one attached hydrogen (secondary N) is 1. The number of hydrogen-bond acceptors (Lipinski definition) is 4. The van der Waals surface area contributed by atoms with Crippen molar-refractivity contribution in [2.75, 3.05) is 26.0 Å². The summed E-state index contributed by atoms with van der Waals surface area (Å²) < 4.78 is 5.57. The predicted octanol–water partition coefficient (Wildman–Crippen LogP) is 1.56. The van der Waals surface area contributed by atoms with Crippen LogP contribution in [0.3, 0.4) is 0 Å². The zero-order valence-electron chi connectivity index (χ0n) is 13.7. The monoisotopic (exact) mass is 341 g/mol. The normalized spacial score (nSPS) is 19.8. The molecule has 128 valence electrons. The summed E-state index contributed by atoms with van der Waals surface area (Å²) in [5.41, 5.74) is 7.60. The van der Waals surface area contributed by atoms with Crippen molar-refractivity contribution in [1.82, 2.24) is 4.90 Å². The number of benzene rings is 1. The molecule has 1 aliphatic heterocycles. The van der Waals surface area contributed by atoms with Crippen LogP contribution in [0.5, 0.6) is 0 Å². The van der Waals surface area contributed by atoms with E-state index in [1.165, 1.54) is 4.90 Å². The fourth-order valence-corrected chi connectivity index (χ4v) is 2.47. The molecule has 2 amide bonds. The Kier molecular flexibility index (Phi) is 7.00. The Bertz CT molecular complexity index is 578. The second-order valence-corrected chi connectivity index (χ2v) is 5.78. The van der Waals surface area contributed by atoms with Crippen molar-refractivity contribution in [3.8, 4) is 0 Å². The Morgan fingerprint density at radius 3 is 2.61 bits per heavy atom. The van der Waals surface area contributed by atoms with Crippen LogP contribution < -0.4 is 11.1 Å². The average molecular weight is 342 g/mol. The minimum atomic E-state index is -0.470. The SMILES string of the molecule is Cc1ccc(NC(=O)[C@@H]2CC[C@H](CN)O2)cc1C(=O)N(C)C.Cl. The molecule has 1 fully saturated rings. The van der Waals surface area contributed by atoms with Crippen LogP contribution in [0.2, 0.25) is 0 Å². The van der Waals surface area contributed by atoms with Crippen LogP contribution in [0.1, 0.15) is 28.8 Å². The summed E-state index contributed by atoms with van der Waals surface area (Å²) in [4.78, 5) is 25.8. The summed E-state index contributed by atoms with van der Waals surface area (Å²) in [7, 11) is 3.40. The van der Waals surface area contributed by atoms with E-state index < -0.39 is 6.10 Å². The van der Waals surface area contributed by atoms with Gasteiger partial charge in [-0.1, -0.05) is 6.07 Å². The molecule has 0 aliphatic carbocycles. The fraction of sp³-hybridized carbons (Fsp3) is 0.500. The van der Waals surface area contributed by atoms with E-state index in [1.54, 1.807) is 26.2 Å². The molecule has 1 heterocycles. The van der Waals surface area contributed by atoms with Gasteiger partial charge in [0.05, 0.1) is 6.10 Å². The first-order valence-corrected chi connectivity index (χ1v) is 7.41. The molecule has 2 rings (SSSR count). The Hall–Kier alpha value is -1.63. The Morgan fingerprint density at radius 1 is 1.35 bits per heavy atom. The molecule has 7 heteroatoms. The third-order valence-corrected chi connectivity index (χ3v) is 3.80. The lowest BCUT2D eigenvalue weighted by molar-refractivity contribution is -0.126. The number of anilines is 1. The van der Waals surface area contributed by atoms with E-state index in [2.05, 4.69) is 5.32 Å². The van der Waals surface area contributed by atoms with Crippen LogP contribution in [0.4, 0.5) is 5.69 Å². The predicted molar refractivity (Wildman–Crippen MR) is 92.0 cm³/mol. The summed E-state index contributed by atoms with van der Waals surface area (Å²) in [6.07, 6.45) is 0.957. The smallest absolute Gasteiger partial charge is 0.253 e. The number of nitrogens with two attached hydrogens (primary N) is 1. The van der Waals surface area contributed by atoms with Crippen molar-refractivity contribution in [2.45, 2.75) is 32.0 Å². The molecule has 6 nitrogen and oxygen atoms in total. The number of aryl methyl sites for hydroxylation is 1. The molecule has 1 aliphatic rings. The number of ether oxygens (including phenoxy) is 1. The first-order chi connectivity index (χ1) is 10.4. The van der Waals surface area contributed by atoms with Gasteiger partial charge in [-0.15, -0.1) is 12.4 Å². The van der Waals surface area contributed by atoms with Gasteiger partial charge in [0.2, 0.25) is 0 Å². The number of carbonyl (C=O) groups excluding carboxylic acids is 2. The molecule has 0 saturated carbocycles. The number of amides is 2. The van der Waals surface area contributed by atoms with E-state index in [0.717, 1.165) is 12.0 Å². The van der Waals surface area contributed by atoms with Crippen LogP contribution in [0, 0.1) is 6.92 Å². The molecular weight excluding hydrogens is 318 g/mol. The zero-order valence-corrected chi connectivity index (χ0v) is 14.5. The lowest BCUT2D eigenvalue weighted by Crippen LogP contribution is -2.30. The van der Waals surface area contributed by atoms with Crippen LogP contribution in [0.15, 0.2) is 18.2 Å². The number of carbonyl (C=O) groups is 2. The number of halogens is 1. The highest BCUT2D eigenvalue weighted by molar-refractivity contribution is 5.99. The molecule has 1 aromatic rings. The molecule has 0 bridgehead atoms. The van der Waals surface area contributed by atoms with Crippen molar-refractivity contribution in [1.29, 1.82) is 0 Å². The van der Waals surface area contributed by atoms with E-state index >= 15 is 0 Å². The second kappa shape index (κ2) is 8.29. The largest absolute Gasteiger partial charge is 0.364 e. The lowest BCUT2D eigenvalue weighted by atomic mass is 10.1. The highest BCUT2D eigenvalue weighted by Gasteiger charge is 2.30. The van der Waals surface area contributed by atoms with Gasteiger partial charge in [0, 0.05) is 31.9 Å². The van der Waals surface area contributed by atoms with Gasteiger partial charge in [-0.25, -0.2) is 0 Å². The van der Waals surface area contributed by atoms with Crippen molar-refractivity contribution >= 4 is 29.9 Å². The molecule has 0 radical (unpaired) electrons. The highest BCUT2D eigenvalue weighted by atomic mass is 35.5. The molecule has 1 saturated heterocycles. The zero-order chi connectivity index (χ0) is 16.3. The quantitative estimate of drug-likeness (QED) is 0.870. The minimum absolute atomic E-state index is 0. The standard InChI is InChI=1S/C16H23N3O3.ClH/c1-10-4-5-11(8-13(10)16(21)19(2)3)18-15(20)14-7-6-12(9-17)22-14;/h4-5,8,12,14H,6-7,9,17H2,1-3H3,(H,18,20);1H/t12-,14+;/m1./s1. The third kappa shape index (κ3) is 4.67. The van der Waals surface area contributed by atoms with E-state index in [-0.39, 0.29) is 30.3 Å². The maximum absolute atomic E-state index is 12.2.